The van der Waals surface area contributed by atoms with E-state index in [0.717, 1.165) is 6.07 Å². The first-order valence-corrected chi connectivity index (χ1v) is 5.29. The molecule has 6 nitrogen and oxygen atoms in total. The molecule has 0 atom stereocenters. The Morgan fingerprint density at radius 2 is 2.21 bits per heavy atom. The second-order valence-corrected chi connectivity index (χ2v) is 3.88. The van der Waals surface area contributed by atoms with Crippen molar-refractivity contribution in [3.8, 4) is 0 Å². The molecule has 0 aliphatic carbocycles. The van der Waals surface area contributed by atoms with Crippen molar-refractivity contribution in [2.24, 2.45) is 5.14 Å². The predicted octanol–water partition coefficient (Wildman–Crippen LogP) is 0.104. The number of carbonyl (C=O) groups excluding carboxylic acids is 1. The molecule has 0 fully saturated rings. The highest BCUT2D eigenvalue weighted by Crippen LogP contribution is 2.12. The van der Waals surface area contributed by atoms with E-state index >= 15 is 0 Å². The summed E-state index contributed by atoms with van der Waals surface area (Å²) in [5.41, 5.74) is 0. The lowest BCUT2D eigenvalue weighted by molar-refractivity contribution is 0.0484. The molecule has 1 rings (SSSR count). The molecule has 0 saturated heterocycles. The molecule has 0 unspecified atom stereocenters. The van der Waals surface area contributed by atoms with Gasteiger partial charge in [-0.2, -0.15) is 0 Å². The Balaban J connectivity index is 2.94. The maximum Gasteiger partial charge on any atom is 0.374 e. The van der Waals surface area contributed by atoms with Crippen LogP contribution in [-0.2, 0) is 14.8 Å². The van der Waals surface area contributed by atoms with Crippen molar-refractivity contribution in [3.63, 3.8) is 0 Å². The number of furan rings is 1. The quantitative estimate of drug-likeness (QED) is 0.727. The van der Waals surface area contributed by atoms with Gasteiger partial charge in [0.05, 0.1) is 6.61 Å². The van der Waals surface area contributed by atoms with E-state index in [1.54, 1.807) is 6.92 Å². The van der Waals surface area contributed by atoms with Crippen molar-refractivity contribution in [1.29, 1.82) is 0 Å². The van der Waals surface area contributed by atoms with Gasteiger partial charge in [-0.3, -0.25) is 0 Å². The van der Waals surface area contributed by atoms with Gasteiger partial charge in [-0.1, -0.05) is 0 Å². The molecule has 14 heavy (non-hydrogen) atoms. The Kier molecular flexibility index (Phi) is 2.92. The Labute approximate surface area is 80.7 Å². The van der Waals surface area contributed by atoms with Crippen LogP contribution in [0, 0.1) is 0 Å². The third-order valence-corrected chi connectivity index (χ3v) is 2.12. The third-order valence-electron chi connectivity index (χ3n) is 1.34. The Hall–Kier alpha value is -1.34. The van der Waals surface area contributed by atoms with Crippen molar-refractivity contribution in [1.82, 2.24) is 0 Å². The molecule has 0 aliphatic heterocycles. The first-order valence-electron chi connectivity index (χ1n) is 3.75. The summed E-state index contributed by atoms with van der Waals surface area (Å²) in [5.74, 6) is -0.904. The lowest BCUT2D eigenvalue weighted by atomic mass is 10.5. The minimum Gasteiger partial charge on any atom is -0.460 e. The first-order chi connectivity index (χ1) is 6.45. The highest BCUT2D eigenvalue weighted by atomic mass is 32.2. The molecule has 0 aliphatic rings. The van der Waals surface area contributed by atoms with Crippen LogP contribution < -0.4 is 5.14 Å². The maximum atomic E-state index is 11.0. The molecule has 0 radical (unpaired) electrons. The van der Waals surface area contributed by atoms with E-state index in [1.807, 2.05) is 0 Å². The van der Waals surface area contributed by atoms with Crippen molar-refractivity contribution >= 4 is 16.0 Å². The van der Waals surface area contributed by atoms with Crippen molar-refractivity contribution in [2.75, 3.05) is 6.61 Å². The van der Waals surface area contributed by atoms with E-state index in [0.29, 0.717) is 0 Å². The number of nitrogens with two attached hydrogens (primary N) is 1. The van der Waals surface area contributed by atoms with Gasteiger partial charge in [0.2, 0.25) is 10.9 Å². The number of hydrogen-bond acceptors (Lipinski definition) is 5. The third kappa shape index (κ3) is 2.33. The first kappa shape index (κ1) is 10.7. The SMILES string of the molecule is CCOC(=O)c1ccc(S(N)(=O)=O)o1. The number of rotatable bonds is 3. The van der Waals surface area contributed by atoms with Crippen LogP contribution in [0.3, 0.4) is 0 Å². The maximum absolute atomic E-state index is 11.0. The fourth-order valence-corrected chi connectivity index (χ4v) is 1.25. The monoisotopic (exact) mass is 219 g/mol. The van der Waals surface area contributed by atoms with Gasteiger partial charge in [0.15, 0.2) is 0 Å². The summed E-state index contributed by atoms with van der Waals surface area (Å²) in [6.07, 6.45) is 0. The van der Waals surface area contributed by atoms with Crippen LogP contribution in [-0.4, -0.2) is 21.0 Å². The average Bonchev–Trinajstić information content (AvgIpc) is 2.51. The summed E-state index contributed by atoms with van der Waals surface area (Å²) < 4.78 is 30.8. The summed E-state index contributed by atoms with van der Waals surface area (Å²) in [6.45, 7) is 1.81. The Morgan fingerprint density at radius 1 is 1.57 bits per heavy atom. The van der Waals surface area contributed by atoms with Gasteiger partial charge in [-0.15, -0.1) is 0 Å². The molecular weight excluding hydrogens is 210 g/mol. The van der Waals surface area contributed by atoms with Crippen LogP contribution in [0.2, 0.25) is 0 Å². The largest absolute Gasteiger partial charge is 0.460 e. The van der Waals surface area contributed by atoms with Crippen molar-refractivity contribution < 1.29 is 22.4 Å². The van der Waals surface area contributed by atoms with Crippen LogP contribution in [0.4, 0.5) is 0 Å². The van der Waals surface area contributed by atoms with E-state index in [4.69, 9.17) is 5.14 Å². The molecular formula is C7H9NO5S. The Bertz CT molecular complexity index is 433. The average molecular weight is 219 g/mol. The Morgan fingerprint density at radius 3 is 2.64 bits per heavy atom. The minimum absolute atomic E-state index is 0.184. The van der Waals surface area contributed by atoms with Crippen LogP contribution in [0.1, 0.15) is 17.5 Å². The van der Waals surface area contributed by atoms with Crippen LogP contribution in [0.25, 0.3) is 0 Å². The van der Waals surface area contributed by atoms with E-state index < -0.39 is 21.1 Å². The lowest BCUT2D eigenvalue weighted by Crippen LogP contribution is -2.11. The van der Waals surface area contributed by atoms with E-state index in [2.05, 4.69) is 9.15 Å². The van der Waals surface area contributed by atoms with Gasteiger partial charge in [0, 0.05) is 0 Å². The molecule has 0 aromatic carbocycles. The van der Waals surface area contributed by atoms with Crippen LogP contribution in [0.15, 0.2) is 21.6 Å². The number of ether oxygens (including phenoxy) is 1. The van der Waals surface area contributed by atoms with E-state index in [-0.39, 0.29) is 12.4 Å². The normalized spacial score (nSPS) is 11.3. The van der Waals surface area contributed by atoms with Gasteiger partial charge in [-0.05, 0) is 19.1 Å². The second-order valence-electron chi connectivity index (χ2n) is 2.38. The standard InChI is InChI=1S/C7H9NO5S/c1-2-12-7(9)5-3-4-6(13-5)14(8,10)11/h3-4H,2H2,1H3,(H2,8,10,11). The molecule has 78 valence electrons. The molecule has 1 aromatic heterocycles. The number of esters is 1. The molecule has 2 N–H and O–H groups in total. The van der Waals surface area contributed by atoms with Gasteiger partial charge in [0.25, 0.3) is 10.0 Å². The van der Waals surface area contributed by atoms with E-state index in [1.165, 1.54) is 6.07 Å². The second kappa shape index (κ2) is 3.81. The zero-order chi connectivity index (χ0) is 10.8. The number of primary sulfonamides is 1. The summed E-state index contributed by atoms with van der Waals surface area (Å²) in [7, 11) is -3.90. The highest BCUT2D eigenvalue weighted by molar-refractivity contribution is 7.89. The van der Waals surface area contributed by atoms with Crippen LogP contribution in [0.5, 0.6) is 0 Å². The molecule has 0 saturated carbocycles. The minimum atomic E-state index is -3.90. The van der Waals surface area contributed by atoms with Crippen molar-refractivity contribution in [2.45, 2.75) is 12.0 Å². The van der Waals surface area contributed by atoms with E-state index in [9.17, 15) is 13.2 Å². The lowest BCUT2D eigenvalue weighted by Gasteiger charge is -1.96. The summed E-state index contributed by atoms with van der Waals surface area (Å²) in [4.78, 5) is 11.0. The smallest absolute Gasteiger partial charge is 0.374 e. The molecule has 0 amide bonds. The fourth-order valence-electron chi connectivity index (χ4n) is 0.785. The summed E-state index contributed by atoms with van der Waals surface area (Å²) >= 11 is 0. The molecule has 0 spiro atoms. The number of carbonyl (C=O) groups is 1. The van der Waals surface area contributed by atoms with Crippen LogP contribution >= 0.6 is 0 Å². The molecule has 0 bridgehead atoms. The van der Waals surface area contributed by atoms with Crippen molar-refractivity contribution in [3.05, 3.63) is 17.9 Å². The fraction of sp³-hybridized carbons (Fsp3) is 0.286. The van der Waals surface area contributed by atoms with Gasteiger partial charge in [0.1, 0.15) is 0 Å². The zero-order valence-corrected chi connectivity index (χ0v) is 8.21. The zero-order valence-electron chi connectivity index (χ0n) is 7.39. The van der Waals surface area contributed by atoms with Gasteiger partial charge in [-0.25, -0.2) is 18.4 Å². The topological polar surface area (TPSA) is 99.6 Å². The summed E-state index contributed by atoms with van der Waals surface area (Å²) in [6, 6.07) is 2.29. The van der Waals surface area contributed by atoms with Gasteiger partial charge >= 0.3 is 5.97 Å². The summed E-state index contributed by atoms with van der Waals surface area (Å²) in [5, 5.41) is 4.31. The van der Waals surface area contributed by atoms with Gasteiger partial charge < -0.3 is 9.15 Å². The number of hydrogen-bond donors (Lipinski definition) is 1. The predicted molar refractivity (Wildman–Crippen MR) is 46.0 cm³/mol. The number of sulfonamides is 1. The molecule has 1 aromatic rings. The molecule has 7 heteroatoms. The highest BCUT2D eigenvalue weighted by Gasteiger charge is 2.17. The molecule has 1 heterocycles.